The summed E-state index contributed by atoms with van der Waals surface area (Å²) in [6.07, 6.45) is 9.51. The quantitative estimate of drug-likeness (QED) is 0.727. The molecule has 4 aliphatic carbocycles. The van der Waals surface area contributed by atoms with Crippen molar-refractivity contribution in [3.8, 4) is 0 Å². The van der Waals surface area contributed by atoms with Crippen LogP contribution in [0.5, 0.6) is 0 Å². The standard InChI is InChI=1S/C13H21FO2S/c14-17(15,16)3-1-2-13-7-10-4-11(8-13)6-12(5-10)9-13/h10-12H,1-9H2. The van der Waals surface area contributed by atoms with Crippen LogP contribution < -0.4 is 0 Å². The van der Waals surface area contributed by atoms with Crippen LogP contribution in [-0.4, -0.2) is 14.2 Å². The van der Waals surface area contributed by atoms with Crippen molar-refractivity contribution in [2.45, 2.75) is 51.4 Å². The molecule has 0 aromatic heterocycles. The lowest BCUT2D eigenvalue weighted by molar-refractivity contribution is -0.0573. The van der Waals surface area contributed by atoms with E-state index in [0.717, 1.165) is 24.2 Å². The molecule has 0 atom stereocenters. The fourth-order valence-electron chi connectivity index (χ4n) is 5.22. The lowest BCUT2D eigenvalue weighted by atomic mass is 9.49. The van der Waals surface area contributed by atoms with Crippen LogP contribution in [0.25, 0.3) is 0 Å². The van der Waals surface area contributed by atoms with Gasteiger partial charge in [-0.2, -0.15) is 8.42 Å². The minimum atomic E-state index is -4.26. The second-order valence-corrected chi connectivity index (χ2v) is 8.25. The zero-order chi connectivity index (χ0) is 12.1. The molecule has 4 bridgehead atoms. The Bertz CT molecular complexity index is 366. The highest BCUT2D eigenvalue weighted by Gasteiger charge is 2.50. The molecule has 0 saturated heterocycles. The normalized spacial score (nSPS) is 44.2. The van der Waals surface area contributed by atoms with E-state index < -0.39 is 10.2 Å². The Morgan fingerprint density at radius 2 is 1.47 bits per heavy atom. The maximum Gasteiger partial charge on any atom is 0.302 e. The molecule has 0 N–H and O–H groups in total. The van der Waals surface area contributed by atoms with Gasteiger partial charge in [-0.1, -0.05) is 0 Å². The van der Waals surface area contributed by atoms with Crippen LogP contribution in [0.4, 0.5) is 3.89 Å². The van der Waals surface area contributed by atoms with Gasteiger partial charge in [-0.15, -0.1) is 3.89 Å². The van der Waals surface area contributed by atoms with E-state index >= 15 is 0 Å². The molecule has 0 aromatic rings. The van der Waals surface area contributed by atoms with E-state index in [9.17, 15) is 12.3 Å². The number of rotatable bonds is 4. The molecule has 0 unspecified atom stereocenters. The average molecular weight is 260 g/mol. The van der Waals surface area contributed by atoms with Crippen LogP contribution in [0.1, 0.15) is 51.4 Å². The Kier molecular flexibility index (Phi) is 2.77. The van der Waals surface area contributed by atoms with Crippen LogP contribution in [0.2, 0.25) is 0 Å². The smallest absolute Gasteiger partial charge is 0.195 e. The first-order chi connectivity index (χ1) is 7.94. The summed E-state index contributed by atoms with van der Waals surface area (Å²) in [4.78, 5) is 0. The summed E-state index contributed by atoms with van der Waals surface area (Å²) in [6.45, 7) is 0. The summed E-state index contributed by atoms with van der Waals surface area (Å²) >= 11 is 0. The Balaban J connectivity index is 1.62. The first-order valence-electron chi connectivity index (χ1n) is 6.86. The summed E-state index contributed by atoms with van der Waals surface area (Å²) in [5, 5.41) is 0. The van der Waals surface area contributed by atoms with Crippen molar-refractivity contribution >= 4 is 10.2 Å². The highest BCUT2D eigenvalue weighted by atomic mass is 32.3. The zero-order valence-corrected chi connectivity index (χ0v) is 11.0. The van der Waals surface area contributed by atoms with Gasteiger partial charge >= 0.3 is 10.2 Å². The molecule has 0 radical (unpaired) electrons. The molecule has 17 heavy (non-hydrogen) atoms. The second kappa shape index (κ2) is 3.94. The lowest BCUT2D eigenvalue weighted by Crippen LogP contribution is -2.46. The molecule has 0 aromatic carbocycles. The molecule has 4 aliphatic rings. The van der Waals surface area contributed by atoms with E-state index in [-0.39, 0.29) is 5.75 Å². The zero-order valence-electron chi connectivity index (χ0n) is 10.2. The third-order valence-electron chi connectivity index (χ3n) is 5.26. The van der Waals surface area contributed by atoms with Crippen LogP contribution in [0.15, 0.2) is 0 Å². The van der Waals surface area contributed by atoms with Gasteiger partial charge in [-0.3, -0.25) is 0 Å². The third-order valence-corrected chi connectivity index (χ3v) is 6.04. The van der Waals surface area contributed by atoms with Crippen molar-refractivity contribution in [2.75, 3.05) is 5.75 Å². The van der Waals surface area contributed by atoms with E-state index in [0.29, 0.717) is 11.8 Å². The van der Waals surface area contributed by atoms with Crippen molar-refractivity contribution in [1.29, 1.82) is 0 Å². The summed E-state index contributed by atoms with van der Waals surface area (Å²) in [6, 6.07) is 0. The number of halogens is 1. The summed E-state index contributed by atoms with van der Waals surface area (Å²) < 4.78 is 33.6. The van der Waals surface area contributed by atoms with Gasteiger partial charge in [0.05, 0.1) is 5.75 Å². The SMILES string of the molecule is O=S(=O)(F)CCCC12CC3CC(CC(C3)C1)C2. The predicted molar refractivity (Wildman–Crippen MR) is 64.7 cm³/mol. The van der Waals surface area contributed by atoms with Crippen LogP contribution in [-0.2, 0) is 10.2 Å². The van der Waals surface area contributed by atoms with Gasteiger partial charge in [0, 0.05) is 0 Å². The van der Waals surface area contributed by atoms with Crippen molar-refractivity contribution in [2.24, 2.45) is 23.2 Å². The van der Waals surface area contributed by atoms with Gasteiger partial charge in [-0.25, -0.2) is 0 Å². The maximum absolute atomic E-state index is 12.5. The van der Waals surface area contributed by atoms with Crippen molar-refractivity contribution < 1.29 is 12.3 Å². The molecule has 4 rings (SSSR count). The summed E-state index contributed by atoms with van der Waals surface area (Å²) in [5.74, 6) is 2.41. The van der Waals surface area contributed by atoms with Crippen LogP contribution in [0, 0.1) is 23.2 Å². The molecule has 2 nitrogen and oxygen atoms in total. The minimum absolute atomic E-state index is 0.269. The van der Waals surface area contributed by atoms with Crippen molar-refractivity contribution in [1.82, 2.24) is 0 Å². The largest absolute Gasteiger partial charge is 0.302 e. The molecule has 98 valence electrons. The Labute approximate surface area is 103 Å². The molecule has 4 saturated carbocycles. The molecular weight excluding hydrogens is 239 g/mol. The first kappa shape index (κ1) is 11.9. The van der Waals surface area contributed by atoms with E-state index in [4.69, 9.17) is 0 Å². The fraction of sp³-hybridized carbons (Fsp3) is 1.00. The van der Waals surface area contributed by atoms with Crippen LogP contribution >= 0.6 is 0 Å². The van der Waals surface area contributed by atoms with Gasteiger partial charge < -0.3 is 0 Å². The third kappa shape index (κ3) is 2.51. The Hall–Kier alpha value is -0.120. The number of hydrogen-bond donors (Lipinski definition) is 0. The molecule has 4 fully saturated rings. The maximum atomic E-state index is 12.5. The monoisotopic (exact) mass is 260 g/mol. The average Bonchev–Trinajstić information content (AvgIpc) is 2.11. The fourth-order valence-corrected chi connectivity index (χ4v) is 5.70. The van der Waals surface area contributed by atoms with Gasteiger partial charge in [0.1, 0.15) is 0 Å². The molecule has 4 heteroatoms. The first-order valence-corrected chi connectivity index (χ1v) is 8.42. The van der Waals surface area contributed by atoms with Gasteiger partial charge in [-0.05, 0) is 74.5 Å². The molecule has 0 spiro atoms. The van der Waals surface area contributed by atoms with Crippen molar-refractivity contribution in [3.05, 3.63) is 0 Å². The van der Waals surface area contributed by atoms with Crippen molar-refractivity contribution in [3.63, 3.8) is 0 Å². The minimum Gasteiger partial charge on any atom is -0.195 e. The highest BCUT2D eigenvalue weighted by Crippen LogP contribution is 2.61. The van der Waals surface area contributed by atoms with E-state index in [1.54, 1.807) is 0 Å². The van der Waals surface area contributed by atoms with E-state index in [1.165, 1.54) is 38.5 Å². The molecule has 0 aliphatic heterocycles. The van der Waals surface area contributed by atoms with E-state index in [1.807, 2.05) is 0 Å². The van der Waals surface area contributed by atoms with Gasteiger partial charge in [0.25, 0.3) is 0 Å². The number of hydrogen-bond acceptors (Lipinski definition) is 2. The predicted octanol–water partition coefficient (Wildman–Crippen LogP) is 3.28. The lowest BCUT2D eigenvalue weighted by Gasteiger charge is -2.57. The van der Waals surface area contributed by atoms with Gasteiger partial charge in [0.2, 0.25) is 0 Å². The molecule has 0 amide bonds. The molecular formula is C13H21FO2S. The second-order valence-electron chi connectivity index (χ2n) is 6.76. The van der Waals surface area contributed by atoms with Crippen LogP contribution in [0.3, 0.4) is 0 Å². The highest BCUT2D eigenvalue weighted by molar-refractivity contribution is 7.86. The van der Waals surface area contributed by atoms with E-state index in [2.05, 4.69) is 0 Å². The topological polar surface area (TPSA) is 34.1 Å². The summed E-state index contributed by atoms with van der Waals surface area (Å²) in [7, 11) is -4.26. The summed E-state index contributed by atoms with van der Waals surface area (Å²) in [5.41, 5.74) is 0.388. The molecule has 0 heterocycles. The Morgan fingerprint density at radius 3 is 1.88 bits per heavy atom. The van der Waals surface area contributed by atoms with Gasteiger partial charge in [0.15, 0.2) is 0 Å². The Morgan fingerprint density at radius 1 is 1.00 bits per heavy atom.